The summed E-state index contributed by atoms with van der Waals surface area (Å²) in [6.07, 6.45) is 1.48. The zero-order valence-corrected chi connectivity index (χ0v) is 19.8. The summed E-state index contributed by atoms with van der Waals surface area (Å²) in [5.41, 5.74) is 4.40. The molecule has 0 aliphatic carbocycles. The SMILES string of the molecule is CCOC(=O)c1cnc2[nH]c(-c3cc(OCc4ccccc4)cc(OCc4ccccc4)c3)nc2c1. The summed E-state index contributed by atoms with van der Waals surface area (Å²) in [6.45, 7) is 2.91. The average molecular weight is 480 g/mol. The van der Waals surface area contributed by atoms with Gasteiger partial charge in [-0.15, -0.1) is 0 Å². The molecule has 0 saturated heterocycles. The maximum Gasteiger partial charge on any atom is 0.339 e. The van der Waals surface area contributed by atoms with Gasteiger partial charge in [-0.2, -0.15) is 0 Å². The minimum atomic E-state index is -0.427. The summed E-state index contributed by atoms with van der Waals surface area (Å²) < 4.78 is 17.3. The van der Waals surface area contributed by atoms with Gasteiger partial charge >= 0.3 is 5.97 Å². The lowest BCUT2D eigenvalue weighted by molar-refractivity contribution is 0.0526. The van der Waals surface area contributed by atoms with E-state index < -0.39 is 5.97 Å². The lowest BCUT2D eigenvalue weighted by atomic mass is 10.2. The smallest absolute Gasteiger partial charge is 0.339 e. The third-order valence-corrected chi connectivity index (χ3v) is 5.50. The standard InChI is InChI=1S/C29H25N3O4/c1-2-34-29(33)23-15-26-28(30-17-23)32-27(31-26)22-13-24(35-18-20-9-5-3-6-10-20)16-25(14-22)36-19-21-11-7-4-8-12-21/h3-17H,2,18-19H2,1H3,(H,30,31,32). The van der Waals surface area contributed by atoms with Crippen molar-refractivity contribution in [2.45, 2.75) is 20.1 Å². The van der Waals surface area contributed by atoms with Crippen molar-refractivity contribution in [2.75, 3.05) is 6.61 Å². The highest BCUT2D eigenvalue weighted by Crippen LogP contribution is 2.30. The van der Waals surface area contributed by atoms with Gasteiger partial charge in [0, 0.05) is 17.8 Å². The Hall–Kier alpha value is -4.65. The maximum atomic E-state index is 12.1. The van der Waals surface area contributed by atoms with E-state index >= 15 is 0 Å². The highest BCUT2D eigenvalue weighted by atomic mass is 16.5. The number of pyridine rings is 1. The number of carbonyl (C=O) groups excluding carboxylic acids is 1. The highest BCUT2D eigenvalue weighted by molar-refractivity contribution is 5.92. The van der Waals surface area contributed by atoms with Crippen LogP contribution in [0.4, 0.5) is 0 Å². The Morgan fingerprint density at radius 1 is 0.833 bits per heavy atom. The van der Waals surface area contributed by atoms with E-state index in [2.05, 4.69) is 15.0 Å². The topological polar surface area (TPSA) is 86.3 Å². The highest BCUT2D eigenvalue weighted by Gasteiger charge is 2.14. The Balaban J connectivity index is 1.45. The molecule has 1 N–H and O–H groups in total. The molecule has 0 amide bonds. The molecule has 0 saturated carbocycles. The molecular formula is C29H25N3O4. The third-order valence-electron chi connectivity index (χ3n) is 5.50. The van der Waals surface area contributed by atoms with Crippen LogP contribution in [0, 0.1) is 0 Å². The molecule has 0 atom stereocenters. The van der Waals surface area contributed by atoms with Crippen molar-refractivity contribution >= 4 is 17.1 Å². The number of rotatable bonds is 9. The van der Waals surface area contributed by atoms with Gasteiger partial charge in [0.1, 0.15) is 36.1 Å². The summed E-state index contributed by atoms with van der Waals surface area (Å²) in [6, 6.07) is 27.3. The van der Waals surface area contributed by atoms with Crippen LogP contribution >= 0.6 is 0 Å². The fourth-order valence-corrected chi connectivity index (χ4v) is 3.71. The molecule has 180 valence electrons. The van der Waals surface area contributed by atoms with E-state index in [-0.39, 0.29) is 0 Å². The van der Waals surface area contributed by atoms with Gasteiger partial charge in [-0.05, 0) is 36.2 Å². The largest absolute Gasteiger partial charge is 0.489 e. The number of imidazole rings is 1. The number of ether oxygens (including phenoxy) is 3. The van der Waals surface area contributed by atoms with E-state index in [1.807, 2.05) is 78.9 Å². The van der Waals surface area contributed by atoms with Gasteiger partial charge in [-0.25, -0.2) is 14.8 Å². The summed E-state index contributed by atoms with van der Waals surface area (Å²) in [7, 11) is 0. The van der Waals surface area contributed by atoms with E-state index in [1.54, 1.807) is 13.0 Å². The summed E-state index contributed by atoms with van der Waals surface area (Å²) >= 11 is 0. The lowest BCUT2D eigenvalue weighted by Gasteiger charge is -2.12. The number of nitrogens with one attached hydrogen (secondary N) is 1. The summed E-state index contributed by atoms with van der Waals surface area (Å²) in [4.78, 5) is 24.3. The van der Waals surface area contributed by atoms with Crippen LogP contribution in [0.15, 0.2) is 91.1 Å². The third kappa shape index (κ3) is 5.52. The summed E-state index contributed by atoms with van der Waals surface area (Å²) in [5, 5.41) is 0. The van der Waals surface area contributed by atoms with Gasteiger partial charge in [0.05, 0.1) is 12.2 Å². The van der Waals surface area contributed by atoms with Crippen molar-refractivity contribution in [3.63, 3.8) is 0 Å². The van der Waals surface area contributed by atoms with Crippen molar-refractivity contribution in [2.24, 2.45) is 0 Å². The van der Waals surface area contributed by atoms with Gasteiger partial charge < -0.3 is 19.2 Å². The molecule has 0 aliphatic rings. The molecule has 0 bridgehead atoms. The molecule has 0 unspecified atom stereocenters. The Kier molecular flexibility index (Phi) is 6.89. The Labute approximate surface area is 208 Å². The van der Waals surface area contributed by atoms with E-state index in [0.717, 1.165) is 16.7 Å². The van der Waals surface area contributed by atoms with Crippen molar-refractivity contribution in [3.8, 4) is 22.9 Å². The lowest BCUT2D eigenvalue weighted by Crippen LogP contribution is -2.04. The van der Waals surface area contributed by atoms with Gasteiger partial charge in [-0.3, -0.25) is 0 Å². The number of carbonyl (C=O) groups is 1. The Bertz CT molecular complexity index is 1400. The normalized spacial score (nSPS) is 10.8. The average Bonchev–Trinajstić information content (AvgIpc) is 3.36. The van der Waals surface area contributed by atoms with Crippen molar-refractivity contribution in [1.82, 2.24) is 15.0 Å². The predicted molar refractivity (Wildman–Crippen MR) is 137 cm³/mol. The van der Waals surface area contributed by atoms with Gasteiger partial charge in [-0.1, -0.05) is 60.7 Å². The zero-order valence-electron chi connectivity index (χ0n) is 19.8. The first-order chi connectivity index (χ1) is 17.7. The fraction of sp³-hybridized carbons (Fsp3) is 0.138. The maximum absolute atomic E-state index is 12.1. The minimum Gasteiger partial charge on any atom is -0.489 e. The number of esters is 1. The molecule has 0 aliphatic heterocycles. The molecule has 36 heavy (non-hydrogen) atoms. The first-order valence-corrected chi connectivity index (χ1v) is 11.7. The van der Waals surface area contributed by atoms with Crippen LogP contribution in [0.2, 0.25) is 0 Å². The molecule has 7 heteroatoms. The van der Waals surface area contributed by atoms with Gasteiger partial charge in [0.2, 0.25) is 0 Å². The number of hydrogen-bond donors (Lipinski definition) is 1. The van der Waals surface area contributed by atoms with Crippen LogP contribution in [-0.4, -0.2) is 27.5 Å². The number of aromatic amines is 1. The van der Waals surface area contributed by atoms with Crippen molar-refractivity contribution in [1.29, 1.82) is 0 Å². The van der Waals surface area contributed by atoms with E-state index in [9.17, 15) is 4.79 Å². The van der Waals surface area contributed by atoms with Gasteiger partial charge in [0.25, 0.3) is 0 Å². The number of benzene rings is 3. The number of hydrogen-bond acceptors (Lipinski definition) is 6. The molecule has 5 rings (SSSR count). The molecule has 3 aromatic carbocycles. The van der Waals surface area contributed by atoms with Crippen molar-refractivity contribution in [3.05, 3.63) is 108 Å². The van der Waals surface area contributed by atoms with Crippen LogP contribution in [0.25, 0.3) is 22.6 Å². The number of nitrogens with zero attached hydrogens (tertiary/aromatic N) is 2. The molecule has 7 nitrogen and oxygen atoms in total. The molecular weight excluding hydrogens is 454 g/mol. The van der Waals surface area contributed by atoms with Crippen LogP contribution in [0.3, 0.4) is 0 Å². The second-order valence-electron chi connectivity index (χ2n) is 8.14. The Morgan fingerprint density at radius 2 is 1.44 bits per heavy atom. The van der Waals surface area contributed by atoms with Crippen LogP contribution in [-0.2, 0) is 18.0 Å². The fourth-order valence-electron chi connectivity index (χ4n) is 3.71. The second-order valence-corrected chi connectivity index (χ2v) is 8.14. The summed E-state index contributed by atoms with van der Waals surface area (Å²) in [5.74, 6) is 1.47. The van der Waals surface area contributed by atoms with E-state index in [0.29, 0.717) is 53.9 Å². The monoisotopic (exact) mass is 479 g/mol. The van der Waals surface area contributed by atoms with E-state index in [4.69, 9.17) is 14.2 Å². The molecule has 2 heterocycles. The first-order valence-electron chi connectivity index (χ1n) is 11.7. The molecule has 0 spiro atoms. The second kappa shape index (κ2) is 10.7. The quantitative estimate of drug-likeness (QED) is 0.263. The van der Waals surface area contributed by atoms with Crippen LogP contribution < -0.4 is 9.47 Å². The van der Waals surface area contributed by atoms with Crippen LogP contribution in [0.5, 0.6) is 11.5 Å². The minimum absolute atomic E-state index is 0.296. The van der Waals surface area contributed by atoms with Gasteiger partial charge in [0.15, 0.2) is 5.65 Å². The number of aromatic nitrogens is 3. The predicted octanol–water partition coefficient (Wildman–Crippen LogP) is 5.96. The Morgan fingerprint density at radius 3 is 2.03 bits per heavy atom. The van der Waals surface area contributed by atoms with Crippen LogP contribution in [0.1, 0.15) is 28.4 Å². The first kappa shape index (κ1) is 23.1. The molecule has 5 aromatic rings. The van der Waals surface area contributed by atoms with Crippen molar-refractivity contribution < 1.29 is 19.0 Å². The number of H-pyrrole nitrogens is 1. The molecule has 2 aromatic heterocycles. The number of fused-ring (bicyclic) bond motifs is 1. The molecule has 0 radical (unpaired) electrons. The zero-order chi connectivity index (χ0) is 24.7. The molecule has 0 fully saturated rings. The van der Waals surface area contributed by atoms with E-state index in [1.165, 1.54) is 6.20 Å².